The Morgan fingerprint density at radius 2 is 1.79 bits per heavy atom. The van der Waals surface area contributed by atoms with Crippen LogP contribution in [0.1, 0.15) is 56.3 Å². The first-order valence-corrected chi connectivity index (χ1v) is 11.5. The Labute approximate surface area is 173 Å². The van der Waals surface area contributed by atoms with Gasteiger partial charge in [0.15, 0.2) is 11.6 Å². The highest BCUT2D eigenvalue weighted by Gasteiger charge is 2.22. The molecule has 0 aliphatic heterocycles. The van der Waals surface area contributed by atoms with E-state index in [4.69, 9.17) is 0 Å². The molecule has 0 radical (unpaired) electrons. The van der Waals surface area contributed by atoms with Gasteiger partial charge >= 0.3 is 0 Å². The van der Waals surface area contributed by atoms with Crippen LogP contribution in [0.15, 0.2) is 30.3 Å². The summed E-state index contributed by atoms with van der Waals surface area (Å²) in [7, 11) is 0. The molecule has 2 atom stereocenters. The van der Waals surface area contributed by atoms with Crippen molar-refractivity contribution in [2.75, 3.05) is 25.1 Å². The Balaban J connectivity index is 2.28. The van der Waals surface area contributed by atoms with Gasteiger partial charge in [0.05, 0.1) is 12.6 Å². The monoisotopic (exact) mass is 406 g/mol. The van der Waals surface area contributed by atoms with Gasteiger partial charge in [0.2, 0.25) is 5.91 Å². The molecule has 1 rings (SSSR count). The number of nitrogens with one attached hydrogen (secondary N) is 2. The number of hydrogen-bond donors (Lipinski definition) is 2. The van der Waals surface area contributed by atoms with Crippen molar-refractivity contribution in [2.45, 2.75) is 52.0 Å². The molecule has 0 bridgehead atoms. The average molecular weight is 407 g/mol. The van der Waals surface area contributed by atoms with Crippen LogP contribution in [0.2, 0.25) is 0 Å². The first-order valence-electron chi connectivity index (χ1n) is 10.1. The van der Waals surface area contributed by atoms with E-state index in [1.165, 1.54) is 6.92 Å². The van der Waals surface area contributed by atoms with Gasteiger partial charge in [-0.3, -0.25) is 14.4 Å². The molecule has 2 N–H and O–H groups in total. The van der Waals surface area contributed by atoms with Crippen LogP contribution in [0.4, 0.5) is 0 Å². The van der Waals surface area contributed by atoms with Crippen LogP contribution in [0, 0.1) is 5.92 Å². The molecule has 0 aliphatic rings. The predicted octanol–water partition coefficient (Wildman–Crippen LogP) is 3.48. The largest absolute Gasteiger partial charge is 0.346 e. The van der Waals surface area contributed by atoms with Gasteiger partial charge in [-0.15, -0.1) is 0 Å². The summed E-state index contributed by atoms with van der Waals surface area (Å²) in [5.41, 5.74) is 0.710. The second kappa shape index (κ2) is 14.4. The molecule has 0 fully saturated rings. The first kappa shape index (κ1) is 24.4. The van der Waals surface area contributed by atoms with Gasteiger partial charge in [0.25, 0.3) is 0 Å². The van der Waals surface area contributed by atoms with E-state index in [0.717, 1.165) is 31.4 Å². The number of thioether (sulfide) groups is 1. The zero-order valence-corrected chi connectivity index (χ0v) is 18.1. The molecule has 1 aromatic carbocycles. The van der Waals surface area contributed by atoms with Crippen molar-refractivity contribution in [1.82, 2.24) is 10.6 Å². The number of benzene rings is 1. The zero-order chi connectivity index (χ0) is 20.8. The minimum Gasteiger partial charge on any atom is -0.346 e. The molecule has 1 unspecified atom stereocenters. The fourth-order valence-corrected chi connectivity index (χ4v) is 3.49. The van der Waals surface area contributed by atoms with Gasteiger partial charge < -0.3 is 10.6 Å². The maximum absolute atomic E-state index is 12.4. The third-order valence-corrected chi connectivity index (χ3v) is 5.46. The minimum absolute atomic E-state index is 0.000263. The molecule has 0 saturated carbocycles. The van der Waals surface area contributed by atoms with Gasteiger partial charge in [-0.05, 0) is 57.6 Å². The summed E-state index contributed by atoms with van der Waals surface area (Å²) in [6, 6.07) is 8.81. The Morgan fingerprint density at radius 3 is 2.39 bits per heavy atom. The van der Waals surface area contributed by atoms with Gasteiger partial charge in [-0.1, -0.05) is 37.3 Å². The number of carbonyl (C=O) groups excluding carboxylic acids is 3. The fourth-order valence-electron chi connectivity index (χ4n) is 2.97. The topological polar surface area (TPSA) is 75.3 Å². The van der Waals surface area contributed by atoms with E-state index in [1.807, 2.05) is 43.5 Å². The Kier molecular flexibility index (Phi) is 12.5. The van der Waals surface area contributed by atoms with Crippen molar-refractivity contribution >= 4 is 29.2 Å². The van der Waals surface area contributed by atoms with E-state index in [0.29, 0.717) is 25.1 Å². The molecule has 0 aromatic heterocycles. The quantitative estimate of drug-likeness (QED) is 0.344. The van der Waals surface area contributed by atoms with Gasteiger partial charge in [0.1, 0.15) is 0 Å². The molecular formula is C22H34N2O3S. The van der Waals surface area contributed by atoms with Crippen LogP contribution < -0.4 is 10.6 Å². The Morgan fingerprint density at radius 1 is 1.07 bits per heavy atom. The summed E-state index contributed by atoms with van der Waals surface area (Å²) in [6.07, 6.45) is 5.97. The highest BCUT2D eigenvalue weighted by molar-refractivity contribution is 7.98. The molecule has 0 heterocycles. The molecule has 1 amide bonds. The van der Waals surface area contributed by atoms with E-state index >= 15 is 0 Å². The summed E-state index contributed by atoms with van der Waals surface area (Å²) in [4.78, 5) is 36.3. The second-order valence-corrected chi connectivity index (χ2v) is 8.01. The standard InChI is InChI=1S/C22H34N2O3S/c1-4-18(13-15-28-3)22(27)24-20(17(2)25)12-8-9-14-23-16-21(26)19-10-6-5-7-11-19/h5-7,10-11,18,20,23H,4,8-9,12-16H2,1-3H3,(H,24,27)/t18-,20?/m0/s1. The predicted molar refractivity (Wildman–Crippen MR) is 117 cm³/mol. The molecule has 156 valence electrons. The van der Waals surface area contributed by atoms with E-state index < -0.39 is 6.04 Å². The molecule has 6 heteroatoms. The number of ketones is 2. The van der Waals surface area contributed by atoms with Crippen molar-refractivity contribution in [2.24, 2.45) is 5.92 Å². The van der Waals surface area contributed by atoms with Crippen molar-refractivity contribution in [3.8, 4) is 0 Å². The van der Waals surface area contributed by atoms with Gasteiger partial charge in [-0.25, -0.2) is 0 Å². The summed E-state index contributed by atoms with van der Waals surface area (Å²) in [5.74, 6) is 0.984. The van der Waals surface area contributed by atoms with Crippen LogP contribution >= 0.6 is 11.8 Å². The highest BCUT2D eigenvalue weighted by atomic mass is 32.2. The average Bonchev–Trinajstić information content (AvgIpc) is 2.70. The number of unbranched alkanes of at least 4 members (excludes halogenated alkanes) is 1. The van der Waals surface area contributed by atoms with Gasteiger partial charge in [0, 0.05) is 11.5 Å². The number of hydrogen-bond acceptors (Lipinski definition) is 5. The van der Waals surface area contributed by atoms with Crippen LogP contribution in [0.5, 0.6) is 0 Å². The summed E-state index contributed by atoms with van der Waals surface area (Å²) >= 11 is 1.73. The SMILES string of the molecule is CC[C@@H](CCSC)C(=O)NC(CCCCNCC(=O)c1ccccc1)C(C)=O. The van der Waals surface area contributed by atoms with Crippen molar-refractivity contribution in [3.63, 3.8) is 0 Å². The van der Waals surface area contributed by atoms with Crippen LogP contribution in [0.25, 0.3) is 0 Å². The van der Waals surface area contributed by atoms with E-state index in [1.54, 1.807) is 11.8 Å². The lowest BCUT2D eigenvalue weighted by molar-refractivity contribution is -0.129. The molecule has 0 saturated heterocycles. The van der Waals surface area contributed by atoms with Crippen LogP contribution in [-0.2, 0) is 9.59 Å². The van der Waals surface area contributed by atoms with Crippen molar-refractivity contribution in [3.05, 3.63) is 35.9 Å². The Hall–Kier alpha value is -1.66. The maximum atomic E-state index is 12.4. The zero-order valence-electron chi connectivity index (χ0n) is 17.3. The normalized spacial score (nSPS) is 13.0. The molecule has 5 nitrogen and oxygen atoms in total. The highest BCUT2D eigenvalue weighted by Crippen LogP contribution is 2.13. The lowest BCUT2D eigenvalue weighted by Crippen LogP contribution is -2.43. The first-order chi connectivity index (χ1) is 13.5. The van der Waals surface area contributed by atoms with Crippen molar-refractivity contribution in [1.29, 1.82) is 0 Å². The number of carbonyl (C=O) groups is 3. The Bertz CT molecular complexity index is 607. The van der Waals surface area contributed by atoms with E-state index in [2.05, 4.69) is 10.6 Å². The molecule has 0 aliphatic carbocycles. The van der Waals surface area contributed by atoms with E-state index in [9.17, 15) is 14.4 Å². The third-order valence-electron chi connectivity index (χ3n) is 4.82. The van der Waals surface area contributed by atoms with Crippen molar-refractivity contribution < 1.29 is 14.4 Å². The fraction of sp³-hybridized carbons (Fsp3) is 0.591. The summed E-state index contributed by atoms with van der Waals surface area (Å²) in [5, 5.41) is 6.09. The summed E-state index contributed by atoms with van der Waals surface area (Å²) in [6.45, 7) is 4.56. The molecule has 0 spiro atoms. The third kappa shape index (κ3) is 9.51. The minimum atomic E-state index is -0.415. The lowest BCUT2D eigenvalue weighted by Gasteiger charge is -2.20. The lowest BCUT2D eigenvalue weighted by atomic mass is 10.00. The number of Topliss-reactive ketones (excluding diaryl/α,β-unsaturated/α-hetero) is 2. The van der Waals surface area contributed by atoms with E-state index in [-0.39, 0.29) is 23.4 Å². The molecule has 28 heavy (non-hydrogen) atoms. The number of rotatable bonds is 15. The van der Waals surface area contributed by atoms with Crippen LogP contribution in [0.3, 0.4) is 0 Å². The molecular weight excluding hydrogens is 372 g/mol. The maximum Gasteiger partial charge on any atom is 0.223 e. The van der Waals surface area contributed by atoms with Crippen LogP contribution in [-0.4, -0.2) is 48.6 Å². The number of amides is 1. The molecule has 1 aromatic rings. The summed E-state index contributed by atoms with van der Waals surface area (Å²) < 4.78 is 0. The second-order valence-electron chi connectivity index (χ2n) is 7.02. The van der Waals surface area contributed by atoms with Gasteiger partial charge in [-0.2, -0.15) is 11.8 Å². The smallest absolute Gasteiger partial charge is 0.223 e.